The molecule has 2 aromatic heterocycles. The molecular weight excluding hydrogens is 308 g/mol. The minimum Gasteiger partial charge on any atom is -0.228 e. The fourth-order valence-electron chi connectivity index (χ4n) is 3.04. The zero-order valence-corrected chi connectivity index (χ0v) is 13.4. The molecule has 0 bridgehead atoms. The lowest BCUT2D eigenvalue weighted by Crippen LogP contribution is -1.99. The average molecular weight is 322 g/mol. The van der Waals surface area contributed by atoms with Gasteiger partial charge in [-0.1, -0.05) is 72.8 Å². The van der Waals surface area contributed by atoms with E-state index in [9.17, 15) is 0 Å². The Morgan fingerprint density at radius 1 is 0.600 bits per heavy atom. The van der Waals surface area contributed by atoms with Gasteiger partial charge in [-0.2, -0.15) is 4.52 Å². The molecule has 0 spiro atoms. The van der Waals surface area contributed by atoms with Gasteiger partial charge in [0.25, 0.3) is 0 Å². The SMILES string of the molecule is c1ccc(-c2nc3c4ccccc4nc(-c4ccccc4)n3n2)cc1. The standard InChI is InChI=1S/C21H14N4/c1-3-9-15(10-4-1)19-23-21-17-13-7-8-14-18(17)22-20(25(21)24-19)16-11-5-2-6-12-16/h1-14H. The van der Waals surface area contributed by atoms with Crippen LogP contribution in [0, 0.1) is 0 Å². The lowest BCUT2D eigenvalue weighted by molar-refractivity contribution is 0.949. The first-order valence-corrected chi connectivity index (χ1v) is 8.16. The van der Waals surface area contributed by atoms with Gasteiger partial charge in [0.15, 0.2) is 17.3 Å². The van der Waals surface area contributed by atoms with Crippen LogP contribution in [0.5, 0.6) is 0 Å². The average Bonchev–Trinajstić information content (AvgIpc) is 3.14. The highest BCUT2D eigenvalue weighted by Crippen LogP contribution is 2.26. The van der Waals surface area contributed by atoms with Crippen molar-refractivity contribution in [2.75, 3.05) is 0 Å². The van der Waals surface area contributed by atoms with Crippen LogP contribution in [0.3, 0.4) is 0 Å². The van der Waals surface area contributed by atoms with Crippen LogP contribution in [0.15, 0.2) is 84.9 Å². The largest absolute Gasteiger partial charge is 0.228 e. The third-order valence-corrected chi connectivity index (χ3v) is 4.24. The maximum absolute atomic E-state index is 4.84. The Bertz CT molecular complexity index is 1180. The van der Waals surface area contributed by atoms with Crippen molar-refractivity contribution in [3.63, 3.8) is 0 Å². The molecule has 0 aliphatic heterocycles. The van der Waals surface area contributed by atoms with Gasteiger partial charge < -0.3 is 0 Å². The Hall–Kier alpha value is -3.53. The lowest BCUT2D eigenvalue weighted by atomic mass is 10.2. The molecule has 0 amide bonds. The summed E-state index contributed by atoms with van der Waals surface area (Å²) in [6, 6.07) is 28.2. The van der Waals surface area contributed by atoms with Crippen LogP contribution >= 0.6 is 0 Å². The van der Waals surface area contributed by atoms with Gasteiger partial charge in [0, 0.05) is 16.5 Å². The number of benzene rings is 3. The van der Waals surface area contributed by atoms with Gasteiger partial charge in [-0.3, -0.25) is 0 Å². The predicted molar refractivity (Wildman–Crippen MR) is 99.2 cm³/mol. The molecule has 0 unspecified atom stereocenters. The minimum absolute atomic E-state index is 0.705. The van der Waals surface area contributed by atoms with Gasteiger partial charge in [-0.15, -0.1) is 5.10 Å². The van der Waals surface area contributed by atoms with Crippen LogP contribution in [0.4, 0.5) is 0 Å². The van der Waals surface area contributed by atoms with E-state index in [-0.39, 0.29) is 0 Å². The summed E-state index contributed by atoms with van der Waals surface area (Å²) in [5.74, 6) is 1.50. The first kappa shape index (κ1) is 13.9. The summed E-state index contributed by atoms with van der Waals surface area (Å²) in [7, 11) is 0. The summed E-state index contributed by atoms with van der Waals surface area (Å²) in [4.78, 5) is 9.65. The van der Waals surface area contributed by atoms with E-state index >= 15 is 0 Å². The number of fused-ring (bicyclic) bond motifs is 3. The van der Waals surface area contributed by atoms with E-state index in [0.717, 1.165) is 33.5 Å². The summed E-state index contributed by atoms with van der Waals surface area (Å²) < 4.78 is 1.85. The quantitative estimate of drug-likeness (QED) is 0.476. The molecule has 0 fully saturated rings. The van der Waals surface area contributed by atoms with E-state index in [1.54, 1.807) is 0 Å². The molecule has 0 radical (unpaired) electrons. The van der Waals surface area contributed by atoms with Crippen molar-refractivity contribution >= 4 is 16.6 Å². The molecule has 0 saturated heterocycles. The summed E-state index contributed by atoms with van der Waals surface area (Å²) in [5, 5.41) is 5.75. The van der Waals surface area contributed by atoms with E-state index in [1.165, 1.54) is 0 Å². The van der Waals surface area contributed by atoms with Gasteiger partial charge in [0.2, 0.25) is 0 Å². The molecule has 3 aromatic carbocycles. The molecule has 4 heteroatoms. The normalized spacial score (nSPS) is 11.2. The summed E-state index contributed by atoms with van der Waals surface area (Å²) in [6.07, 6.45) is 0. The van der Waals surface area contributed by atoms with Crippen molar-refractivity contribution in [1.82, 2.24) is 19.6 Å². The van der Waals surface area contributed by atoms with Gasteiger partial charge in [0.1, 0.15) is 0 Å². The molecule has 118 valence electrons. The van der Waals surface area contributed by atoms with Crippen LogP contribution in [0.25, 0.3) is 39.3 Å². The van der Waals surface area contributed by atoms with Crippen molar-refractivity contribution in [2.45, 2.75) is 0 Å². The zero-order chi connectivity index (χ0) is 16.6. The van der Waals surface area contributed by atoms with Crippen LogP contribution in [0.2, 0.25) is 0 Å². The molecule has 0 saturated carbocycles. The third kappa shape index (κ3) is 2.27. The number of hydrogen-bond donors (Lipinski definition) is 0. The fourth-order valence-corrected chi connectivity index (χ4v) is 3.04. The molecule has 5 rings (SSSR count). The zero-order valence-electron chi connectivity index (χ0n) is 13.4. The monoisotopic (exact) mass is 322 g/mol. The molecule has 25 heavy (non-hydrogen) atoms. The van der Waals surface area contributed by atoms with E-state index in [1.807, 2.05) is 89.4 Å². The Kier molecular flexibility index (Phi) is 3.07. The lowest BCUT2D eigenvalue weighted by Gasteiger charge is -2.06. The topological polar surface area (TPSA) is 43.1 Å². The Labute approximate surface area is 144 Å². The van der Waals surface area contributed by atoms with Gasteiger partial charge >= 0.3 is 0 Å². The van der Waals surface area contributed by atoms with E-state index in [0.29, 0.717) is 5.82 Å². The molecule has 0 aliphatic rings. The first-order valence-electron chi connectivity index (χ1n) is 8.16. The number of aromatic nitrogens is 4. The molecule has 0 N–H and O–H groups in total. The van der Waals surface area contributed by atoms with Gasteiger partial charge in [0.05, 0.1) is 5.52 Å². The van der Waals surface area contributed by atoms with Crippen LogP contribution in [-0.4, -0.2) is 19.6 Å². The number of para-hydroxylation sites is 1. The Balaban J connectivity index is 1.88. The van der Waals surface area contributed by atoms with E-state index in [2.05, 4.69) is 0 Å². The smallest absolute Gasteiger partial charge is 0.182 e. The van der Waals surface area contributed by atoms with Crippen molar-refractivity contribution in [3.05, 3.63) is 84.9 Å². The Morgan fingerprint density at radius 3 is 2.00 bits per heavy atom. The highest BCUT2D eigenvalue weighted by atomic mass is 15.3. The summed E-state index contributed by atoms with van der Waals surface area (Å²) in [5.41, 5.74) is 3.75. The van der Waals surface area contributed by atoms with Crippen LogP contribution in [-0.2, 0) is 0 Å². The first-order chi connectivity index (χ1) is 12.4. The highest BCUT2D eigenvalue weighted by Gasteiger charge is 2.15. The molecule has 2 heterocycles. The maximum Gasteiger partial charge on any atom is 0.182 e. The highest BCUT2D eigenvalue weighted by molar-refractivity contribution is 5.93. The van der Waals surface area contributed by atoms with Crippen molar-refractivity contribution in [2.24, 2.45) is 0 Å². The predicted octanol–water partition coefficient (Wildman–Crippen LogP) is 4.61. The molecule has 5 aromatic rings. The number of nitrogens with zero attached hydrogens (tertiary/aromatic N) is 4. The minimum atomic E-state index is 0.705. The number of rotatable bonds is 2. The molecular formula is C21H14N4. The summed E-state index contributed by atoms with van der Waals surface area (Å²) >= 11 is 0. The van der Waals surface area contributed by atoms with E-state index < -0.39 is 0 Å². The van der Waals surface area contributed by atoms with Crippen molar-refractivity contribution in [1.29, 1.82) is 0 Å². The molecule has 0 atom stereocenters. The van der Waals surface area contributed by atoms with E-state index in [4.69, 9.17) is 15.1 Å². The molecule has 4 nitrogen and oxygen atoms in total. The van der Waals surface area contributed by atoms with Crippen molar-refractivity contribution in [3.8, 4) is 22.8 Å². The Morgan fingerprint density at radius 2 is 1.24 bits per heavy atom. The second kappa shape index (κ2) is 5.53. The fraction of sp³-hybridized carbons (Fsp3) is 0. The van der Waals surface area contributed by atoms with Gasteiger partial charge in [-0.05, 0) is 12.1 Å². The summed E-state index contributed by atoms with van der Waals surface area (Å²) in [6.45, 7) is 0. The second-order valence-corrected chi connectivity index (χ2v) is 5.86. The third-order valence-electron chi connectivity index (χ3n) is 4.24. The van der Waals surface area contributed by atoms with Crippen LogP contribution < -0.4 is 0 Å². The van der Waals surface area contributed by atoms with Crippen LogP contribution in [0.1, 0.15) is 0 Å². The second-order valence-electron chi connectivity index (χ2n) is 5.86. The van der Waals surface area contributed by atoms with Crippen molar-refractivity contribution < 1.29 is 0 Å². The number of hydrogen-bond acceptors (Lipinski definition) is 3. The van der Waals surface area contributed by atoms with Gasteiger partial charge in [-0.25, -0.2) is 9.97 Å². The molecule has 0 aliphatic carbocycles. The maximum atomic E-state index is 4.84.